The van der Waals surface area contributed by atoms with Crippen LogP contribution in [0.2, 0.25) is 0 Å². The smallest absolute Gasteiger partial charge is 0.307 e. The average Bonchev–Trinajstić information content (AvgIpc) is 3.97. The Bertz CT molecular complexity index is 1910. The molecule has 3 heterocycles. The second-order valence-corrected chi connectivity index (χ2v) is 18.6. The minimum atomic E-state index is -3.84. The second-order valence-electron chi connectivity index (χ2n) is 16.6. The van der Waals surface area contributed by atoms with Crippen molar-refractivity contribution in [3.05, 3.63) is 42.5 Å². The first-order valence-electron chi connectivity index (χ1n) is 19.1. The Hall–Kier alpha value is -4.00. The number of hydrogen-bond acceptors (Lipinski definition) is 9. The SMILES string of the molecule is C=Cc1cccc2c1nc(O[C@@H]1C[C@H]3C(=O)C[C@]4(C(=O)NS(=O)(=O)C5CC5)C[C@H]4/C=C\CCCCC[C@H](CC(=O)OC(C)(C)C)C(=O)N3C1)n2C(C)C. The molecule has 2 aliphatic carbocycles. The number of amides is 2. The Morgan fingerprint density at radius 1 is 1.13 bits per heavy atom. The van der Waals surface area contributed by atoms with E-state index in [1.54, 1.807) is 26.8 Å². The molecule has 5 atom stereocenters. The lowest BCUT2D eigenvalue weighted by Crippen LogP contribution is -2.46. The number of sulfonamides is 1. The van der Waals surface area contributed by atoms with Crippen molar-refractivity contribution in [3.8, 4) is 6.01 Å². The van der Waals surface area contributed by atoms with Crippen molar-refractivity contribution in [1.82, 2.24) is 19.2 Å². The van der Waals surface area contributed by atoms with Gasteiger partial charge in [-0.05, 0) is 85.1 Å². The predicted octanol–water partition coefficient (Wildman–Crippen LogP) is 6.05. The highest BCUT2D eigenvalue weighted by Crippen LogP contribution is 2.57. The van der Waals surface area contributed by atoms with E-state index in [4.69, 9.17) is 14.5 Å². The lowest BCUT2D eigenvalue weighted by molar-refractivity contribution is -0.159. The quantitative estimate of drug-likeness (QED) is 0.238. The number of imidazole rings is 1. The van der Waals surface area contributed by atoms with Crippen LogP contribution in [0.15, 0.2) is 36.9 Å². The third-order valence-electron chi connectivity index (χ3n) is 10.9. The molecule has 12 nitrogen and oxygen atoms in total. The average molecular weight is 751 g/mol. The Labute approximate surface area is 312 Å². The summed E-state index contributed by atoms with van der Waals surface area (Å²) in [6, 6.07) is 5.20. The maximum Gasteiger partial charge on any atom is 0.307 e. The van der Waals surface area contributed by atoms with Crippen LogP contribution in [0.3, 0.4) is 0 Å². The van der Waals surface area contributed by atoms with E-state index >= 15 is 0 Å². The third-order valence-corrected chi connectivity index (χ3v) is 12.7. The molecule has 2 amide bonds. The molecule has 1 aromatic heterocycles. The van der Waals surface area contributed by atoms with Crippen LogP contribution in [-0.4, -0.2) is 76.0 Å². The van der Waals surface area contributed by atoms with Crippen LogP contribution in [0.1, 0.15) is 117 Å². The fourth-order valence-electron chi connectivity index (χ4n) is 7.92. The minimum Gasteiger partial charge on any atom is -0.460 e. The van der Waals surface area contributed by atoms with Crippen LogP contribution in [-0.2, 0) is 33.9 Å². The number of benzene rings is 1. The largest absolute Gasteiger partial charge is 0.460 e. The molecule has 53 heavy (non-hydrogen) atoms. The van der Waals surface area contributed by atoms with Gasteiger partial charge in [-0.3, -0.25) is 28.5 Å². The summed E-state index contributed by atoms with van der Waals surface area (Å²) < 4.78 is 42.2. The maximum atomic E-state index is 14.6. The van der Waals surface area contributed by atoms with E-state index in [1.165, 1.54) is 4.90 Å². The molecule has 6 rings (SSSR count). The van der Waals surface area contributed by atoms with Crippen molar-refractivity contribution in [1.29, 1.82) is 0 Å². The Kier molecular flexibility index (Phi) is 11.0. The molecule has 1 saturated heterocycles. The molecule has 0 spiro atoms. The monoisotopic (exact) mass is 750 g/mol. The van der Waals surface area contributed by atoms with Gasteiger partial charge in [-0.2, -0.15) is 4.98 Å². The van der Waals surface area contributed by atoms with Crippen molar-refractivity contribution in [3.63, 3.8) is 0 Å². The van der Waals surface area contributed by atoms with Crippen molar-refractivity contribution in [2.24, 2.45) is 17.3 Å². The Balaban J connectivity index is 1.33. The fraction of sp³-hybridized carbons (Fsp3) is 0.625. The fourth-order valence-corrected chi connectivity index (χ4v) is 9.30. The Morgan fingerprint density at radius 3 is 2.57 bits per heavy atom. The van der Waals surface area contributed by atoms with Gasteiger partial charge < -0.3 is 14.4 Å². The van der Waals surface area contributed by atoms with Crippen LogP contribution in [0.25, 0.3) is 17.1 Å². The van der Waals surface area contributed by atoms with Crippen LogP contribution in [0, 0.1) is 17.3 Å². The molecule has 0 unspecified atom stereocenters. The number of rotatable bonds is 9. The molecule has 1 N–H and O–H groups in total. The molecule has 2 aromatic rings. The molecule has 4 aliphatic rings. The lowest BCUT2D eigenvalue weighted by atomic mass is 9.90. The molecular formula is C40H54N4O8S. The molecule has 2 aliphatic heterocycles. The van der Waals surface area contributed by atoms with Crippen molar-refractivity contribution < 1.29 is 37.1 Å². The normalized spacial score (nSPS) is 27.7. The molecule has 2 saturated carbocycles. The zero-order valence-electron chi connectivity index (χ0n) is 31.6. The Morgan fingerprint density at radius 2 is 1.89 bits per heavy atom. The first-order valence-corrected chi connectivity index (χ1v) is 20.7. The summed E-state index contributed by atoms with van der Waals surface area (Å²) in [5.41, 5.74) is 0.484. The second kappa shape index (κ2) is 15.0. The highest BCUT2D eigenvalue weighted by Gasteiger charge is 2.61. The van der Waals surface area contributed by atoms with Gasteiger partial charge in [0.25, 0.3) is 6.01 Å². The van der Waals surface area contributed by atoms with E-state index in [1.807, 2.05) is 48.8 Å². The van der Waals surface area contributed by atoms with Gasteiger partial charge in [-0.1, -0.05) is 49.8 Å². The molecule has 0 radical (unpaired) electrons. The van der Waals surface area contributed by atoms with Gasteiger partial charge in [0.05, 0.1) is 40.7 Å². The summed E-state index contributed by atoms with van der Waals surface area (Å²) in [5.74, 6) is -2.83. The van der Waals surface area contributed by atoms with E-state index in [-0.39, 0.29) is 49.5 Å². The summed E-state index contributed by atoms with van der Waals surface area (Å²) in [6.45, 7) is 13.4. The first kappa shape index (κ1) is 38.7. The number of carbonyl (C=O) groups excluding carboxylic acids is 4. The summed E-state index contributed by atoms with van der Waals surface area (Å²) in [5, 5.41) is -0.589. The van der Waals surface area contributed by atoms with Crippen LogP contribution >= 0.6 is 0 Å². The zero-order valence-corrected chi connectivity index (χ0v) is 32.5. The zero-order chi connectivity index (χ0) is 38.3. The van der Waals surface area contributed by atoms with Gasteiger partial charge in [0.2, 0.25) is 21.8 Å². The summed E-state index contributed by atoms with van der Waals surface area (Å²) >= 11 is 0. The number of ether oxygens (including phenoxy) is 2. The van der Waals surface area contributed by atoms with E-state index in [0.29, 0.717) is 38.1 Å². The first-order chi connectivity index (χ1) is 25.0. The van der Waals surface area contributed by atoms with Gasteiger partial charge in [-0.25, -0.2) is 8.42 Å². The number of nitrogens with zero attached hydrogens (tertiary/aromatic N) is 3. The van der Waals surface area contributed by atoms with E-state index < -0.39 is 56.2 Å². The summed E-state index contributed by atoms with van der Waals surface area (Å²) in [6.07, 6.45) is 9.79. The number of allylic oxidation sites excluding steroid dienone is 2. The van der Waals surface area contributed by atoms with E-state index in [9.17, 15) is 27.6 Å². The number of Topliss-reactive ketones (excluding diaryl/α,β-unsaturated/α-hetero) is 1. The van der Waals surface area contributed by atoms with Gasteiger partial charge in [0, 0.05) is 30.4 Å². The minimum absolute atomic E-state index is 0.0199. The standard InChI is InChI=1S/C40H54N4O8S/c1-7-26-15-13-17-31-35(26)41-38(44(31)25(2)3)51-29-21-32-33(45)23-40(37(48)42-53(49,50)30-18-19-30)22-28(40)16-12-10-8-9-11-14-27(36(47)43(32)24-29)20-34(46)52-39(4,5)6/h7,12-13,15-17,25,27-30,32H,1,8-11,14,18-24H2,2-6H3,(H,42,48)/b16-12-/t27-,28-,29-,32+,40-/m1/s1. The molecule has 0 bridgehead atoms. The van der Waals surface area contributed by atoms with Gasteiger partial charge in [-0.15, -0.1) is 0 Å². The number of hydrogen-bond donors (Lipinski definition) is 1. The lowest BCUT2D eigenvalue weighted by Gasteiger charge is -2.29. The van der Waals surface area contributed by atoms with E-state index in [0.717, 1.165) is 35.9 Å². The van der Waals surface area contributed by atoms with Crippen LogP contribution < -0.4 is 9.46 Å². The number of ketones is 1. The van der Waals surface area contributed by atoms with Gasteiger partial charge in [0.15, 0.2) is 5.78 Å². The summed E-state index contributed by atoms with van der Waals surface area (Å²) in [7, 11) is -3.84. The molecule has 288 valence electrons. The highest BCUT2D eigenvalue weighted by atomic mass is 32.2. The van der Waals surface area contributed by atoms with Gasteiger partial charge >= 0.3 is 5.97 Å². The molecular weight excluding hydrogens is 697 g/mol. The number of nitrogens with one attached hydrogen (secondary N) is 1. The molecule has 13 heteroatoms. The van der Waals surface area contributed by atoms with Gasteiger partial charge in [0.1, 0.15) is 11.7 Å². The predicted molar refractivity (Wildman–Crippen MR) is 201 cm³/mol. The molecule has 3 fully saturated rings. The number of aromatic nitrogens is 2. The number of carbonyl (C=O) groups is 4. The van der Waals surface area contributed by atoms with Crippen molar-refractivity contribution in [2.75, 3.05) is 6.54 Å². The number of para-hydroxylation sites is 1. The number of esters is 1. The third kappa shape index (κ3) is 8.55. The van der Waals surface area contributed by atoms with Crippen LogP contribution in [0.4, 0.5) is 0 Å². The number of fused-ring (bicyclic) bond motifs is 3. The maximum absolute atomic E-state index is 14.6. The summed E-state index contributed by atoms with van der Waals surface area (Å²) in [4.78, 5) is 62.4. The van der Waals surface area contributed by atoms with Crippen molar-refractivity contribution in [2.45, 2.75) is 134 Å². The molecule has 1 aromatic carbocycles. The van der Waals surface area contributed by atoms with E-state index in [2.05, 4.69) is 11.3 Å². The topological polar surface area (TPSA) is 154 Å². The van der Waals surface area contributed by atoms with Crippen molar-refractivity contribution >= 4 is 50.7 Å². The highest BCUT2D eigenvalue weighted by molar-refractivity contribution is 7.90. The van der Waals surface area contributed by atoms with Crippen LogP contribution in [0.5, 0.6) is 6.01 Å².